The number of carbonyl (C=O) groups excluding carboxylic acids is 1. The molecule has 0 N–H and O–H groups in total. The normalized spacial score (nSPS) is 18.2. The Balaban J connectivity index is 1.70. The minimum atomic E-state index is -0.183. The first-order chi connectivity index (χ1) is 11.7. The summed E-state index contributed by atoms with van der Waals surface area (Å²) in [7, 11) is 3.20. The van der Waals surface area contributed by atoms with E-state index in [-0.39, 0.29) is 18.5 Å². The van der Waals surface area contributed by atoms with Crippen LogP contribution in [-0.4, -0.2) is 26.8 Å². The molecule has 4 rings (SSSR count). The maximum atomic E-state index is 13.0. The highest BCUT2D eigenvalue weighted by molar-refractivity contribution is 6.03. The van der Waals surface area contributed by atoms with Crippen LogP contribution >= 0.6 is 0 Å². The van der Waals surface area contributed by atoms with Crippen LogP contribution < -0.4 is 18.9 Å². The van der Waals surface area contributed by atoms with Gasteiger partial charge in [-0.05, 0) is 48.2 Å². The summed E-state index contributed by atoms with van der Waals surface area (Å²) in [6, 6.07) is 9.41. The van der Waals surface area contributed by atoms with Gasteiger partial charge in [0.1, 0.15) is 0 Å². The van der Waals surface area contributed by atoms with E-state index in [0.717, 1.165) is 35.3 Å². The van der Waals surface area contributed by atoms with E-state index in [2.05, 4.69) is 0 Å². The highest BCUT2D eigenvalue weighted by atomic mass is 16.7. The van der Waals surface area contributed by atoms with Gasteiger partial charge in [-0.15, -0.1) is 0 Å². The molecule has 0 bridgehead atoms. The van der Waals surface area contributed by atoms with Crippen LogP contribution in [0, 0.1) is 0 Å². The van der Waals surface area contributed by atoms with Crippen molar-refractivity contribution in [2.75, 3.05) is 21.0 Å². The van der Waals surface area contributed by atoms with Crippen LogP contribution in [0.3, 0.4) is 0 Å². The third-order valence-electron chi connectivity index (χ3n) is 4.69. The summed E-state index contributed by atoms with van der Waals surface area (Å²) in [5.41, 5.74) is 2.70. The van der Waals surface area contributed by atoms with Gasteiger partial charge in [-0.1, -0.05) is 6.07 Å². The number of hydrogen-bond donors (Lipinski definition) is 0. The number of ketones is 1. The Labute approximate surface area is 140 Å². The molecular weight excluding hydrogens is 308 g/mol. The quantitative estimate of drug-likeness (QED) is 0.866. The van der Waals surface area contributed by atoms with Crippen LogP contribution in [-0.2, 0) is 6.42 Å². The zero-order valence-corrected chi connectivity index (χ0v) is 13.6. The van der Waals surface area contributed by atoms with Crippen molar-refractivity contribution in [2.24, 2.45) is 0 Å². The van der Waals surface area contributed by atoms with Crippen LogP contribution in [0.5, 0.6) is 23.0 Å². The zero-order valence-electron chi connectivity index (χ0n) is 13.6. The van der Waals surface area contributed by atoms with Crippen LogP contribution in [0.4, 0.5) is 0 Å². The van der Waals surface area contributed by atoms with E-state index in [1.165, 1.54) is 0 Å². The lowest BCUT2D eigenvalue weighted by Gasteiger charge is -2.24. The molecule has 1 unspecified atom stereocenters. The Morgan fingerprint density at radius 3 is 2.50 bits per heavy atom. The number of hydrogen-bond acceptors (Lipinski definition) is 5. The van der Waals surface area contributed by atoms with Crippen molar-refractivity contribution in [2.45, 2.75) is 18.8 Å². The molecule has 24 heavy (non-hydrogen) atoms. The molecule has 5 nitrogen and oxygen atoms in total. The van der Waals surface area contributed by atoms with Crippen molar-refractivity contribution in [3.63, 3.8) is 0 Å². The highest BCUT2D eigenvalue weighted by Crippen LogP contribution is 2.41. The van der Waals surface area contributed by atoms with Gasteiger partial charge in [-0.25, -0.2) is 0 Å². The lowest BCUT2D eigenvalue weighted by atomic mass is 9.79. The SMILES string of the molecule is COc1ccc(C2CCc3cc4c(cc3C2=O)OCO4)cc1OC. The molecule has 0 fully saturated rings. The number of Topliss-reactive ketones (excluding diaryl/α,β-unsaturated/α-hetero) is 1. The Morgan fingerprint density at radius 1 is 1.00 bits per heavy atom. The second kappa shape index (κ2) is 5.74. The van der Waals surface area contributed by atoms with E-state index in [1.807, 2.05) is 30.3 Å². The molecule has 2 aliphatic rings. The molecule has 124 valence electrons. The summed E-state index contributed by atoms with van der Waals surface area (Å²) >= 11 is 0. The second-order valence-electron chi connectivity index (χ2n) is 5.93. The second-order valence-corrected chi connectivity index (χ2v) is 5.93. The first-order valence-electron chi connectivity index (χ1n) is 7.90. The van der Waals surface area contributed by atoms with Crippen molar-refractivity contribution in [3.05, 3.63) is 47.0 Å². The number of aryl methyl sites for hydroxylation is 1. The fourth-order valence-corrected chi connectivity index (χ4v) is 3.43. The predicted molar refractivity (Wildman–Crippen MR) is 87.5 cm³/mol. The van der Waals surface area contributed by atoms with Crippen LogP contribution in [0.25, 0.3) is 0 Å². The molecule has 2 aromatic rings. The fraction of sp³-hybridized carbons (Fsp3) is 0.316. The summed E-state index contributed by atoms with van der Waals surface area (Å²) < 4.78 is 21.4. The smallest absolute Gasteiger partial charge is 0.231 e. The first kappa shape index (κ1) is 14.9. The molecule has 0 saturated heterocycles. The number of carbonyl (C=O) groups is 1. The van der Waals surface area contributed by atoms with Crippen molar-refractivity contribution in [3.8, 4) is 23.0 Å². The summed E-state index contributed by atoms with van der Waals surface area (Å²) in [6.45, 7) is 0.214. The van der Waals surface area contributed by atoms with Crippen LogP contribution in [0.15, 0.2) is 30.3 Å². The van der Waals surface area contributed by atoms with Crippen LogP contribution in [0.2, 0.25) is 0 Å². The Kier molecular flexibility index (Phi) is 3.56. The summed E-state index contributed by atoms with van der Waals surface area (Å²) in [5.74, 6) is 2.60. The first-order valence-corrected chi connectivity index (χ1v) is 7.90. The average molecular weight is 326 g/mol. The van der Waals surface area contributed by atoms with Crippen LogP contribution in [0.1, 0.15) is 33.8 Å². The third kappa shape index (κ3) is 2.28. The summed E-state index contributed by atoms with van der Waals surface area (Å²) in [4.78, 5) is 13.0. The van der Waals surface area contributed by atoms with Gasteiger partial charge in [0.15, 0.2) is 28.8 Å². The van der Waals surface area contributed by atoms with E-state index in [0.29, 0.717) is 17.2 Å². The number of methoxy groups -OCH3 is 2. The van der Waals surface area contributed by atoms with E-state index in [4.69, 9.17) is 18.9 Å². The number of ether oxygens (including phenoxy) is 4. The molecule has 0 spiro atoms. The molecule has 0 radical (unpaired) electrons. The topological polar surface area (TPSA) is 54.0 Å². The minimum Gasteiger partial charge on any atom is -0.493 e. The van der Waals surface area contributed by atoms with Crippen molar-refractivity contribution in [1.29, 1.82) is 0 Å². The Morgan fingerprint density at radius 2 is 1.75 bits per heavy atom. The largest absolute Gasteiger partial charge is 0.493 e. The molecule has 0 saturated carbocycles. The third-order valence-corrected chi connectivity index (χ3v) is 4.69. The van der Waals surface area contributed by atoms with E-state index >= 15 is 0 Å². The Hall–Kier alpha value is -2.69. The summed E-state index contributed by atoms with van der Waals surface area (Å²) in [5, 5.41) is 0. The molecule has 1 atom stereocenters. The lowest BCUT2D eigenvalue weighted by molar-refractivity contribution is 0.0945. The molecule has 1 heterocycles. The fourth-order valence-electron chi connectivity index (χ4n) is 3.43. The lowest BCUT2D eigenvalue weighted by Crippen LogP contribution is -2.21. The molecule has 0 amide bonds. The van der Waals surface area contributed by atoms with Crippen molar-refractivity contribution >= 4 is 5.78 Å². The van der Waals surface area contributed by atoms with Gasteiger partial charge in [0.25, 0.3) is 0 Å². The predicted octanol–water partition coefficient (Wildman–Crippen LogP) is 3.35. The van der Waals surface area contributed by atoms with Gasteiger partial charge in [0, 0.05) is 11.5 Å². The van der Waals surface area contributed by atoms with Gasteiger partial charge in [-0.3, -0.25) is 4.79 Å². The van der Waals surface area contributed by atoms with E-state index < -0.39 is 0 Å². The Bertz CT molecular complexity index is 812. The highest BCUT2D eigenvalue weighted by Gasteiger charge is 2.31. The molecule has 1 aliphatic carbocycles. The molecule has 0 aromatic heterocycles. The standard InChI is InChI=1S/C19H18O5/c1-21-15-6-4-11(7-16(15)22-2)13-5-3-12-8-17-18(24-10-23-17)9-14(12)19(13)20/h4,6-9,13H,3,5,10H2,1-2H3. The minimum absolute atomic E-state index is 0.113. The van der Waals surface area contributed by atoms with E-state index in [9.17, 15) is 4.79 Å². The van der Waals surface area contributed by atoms with Gasteiger partial charge < -0.3 is 18.9 Å². The van der Waals surface area contributed by atoms with Gasteiger partial charge >= 0.3 is 0 Å². The van der Waals surface area contributed by atoms with Gasteiger partial charge in [-0.2, -0.15) is 0 Å². The number of benzene rings is 2. The monoisotopic (exact) mass is 326 g/mol. The average Bonchev–Trinajstić information content (AvgIpc) is 3.07. The number of fused-ring (bicyclic) bond motifs is 2. The molecule has 2 aromatic carbocycles. The van der Waals surface area contributed by atoms with Gasteiger partial charge in [0.2, 0.25) is 6.79 Å². The van der Waals surface area contributed by atoms with E-state index in [1.54, 1.807) is 14.2 Å². The summed E-state index contributed by atoms with van der Waals surface area (Å²) in [6.07, 6.45) is 1.59. The van der Waals surface area contributed by atoms with Crippen molar-refractivity contribution in [1.82, 2.24) is 0 Å². The maximum absolute atomic E-state index is 13.0. The number of rotatable bonds is 3. The molecule has 1 aliphatic heterocycles. The molecule has 5 heteroatoms. The van der Waals surface area contributed by atoms with Gasteiger partial charge in [0.05, 0.1) is 14.2 Å². The zero-order chi connectivity index (χ0) is 16.7. The maximum Gasteiger partial charge on any atom is 0.231 e. The van der Waals surface area contributed by atoms with Crippen molar-refractivity contribution < 1.29 is 23.7 Å². The molecular formula is C19H18O5.